The van der Waals surface area contributed by atoms with E-state index in [2.05, 4.69) is 42.6 Å². The van der Waals surface area contributed by atoms with Crippen LogP contribution in [0.1, 0.15) is 0 Å². The summed E-state index contributed by atoms with van der Waals surface area (Å²) in [6.07, 6.45) is 0. The largest absolute Gasteiger partial charge is 0.475 e. The zero-order chi connectivity index (χ0) is 21.1. The van der Waals surface area contributed by atoms with Gasteiger partial charge in [-0.2, -0.15) is 4.52 Å². The number of halogens is 2. The summed E-state index contributed by atoms with van der Waals surface area (Å²) in [6.45, 7) is 0.150. The number of sulfonamides is 1. The van der Waals surface area contributed by atoms with Gasteiger partial charge in [0.1, 0.15) is 12.4 Å². The number of benzene rings is 2. The van der Waals surface area contributed by atoms with Crippen molar-refractivity contribution in [2.75, 3.05) is 13.2 Å². The molecule has 30 heavy (non-hydrogen) atoms. The van der Waals surface area contributed by atoms with Gasteiger partial charge in [-0.3, -0.25) is 0 Å². The van der Waals surface area contributed by atoms with E-state index in [-0.39, 0.29) is 29.7 Å². The van der Waals surface area contributed by atoms with Gasteiger partial charge in [0, 0.05) is 21.7 Å². The summed E-state index contributed by atoms with van der Waals surface area (Å²) in [5, 5.41) is 12.5. The topological polar surface area (TPSA) is 98.5 Å². The molecule has 4 aromatic rings. The summed E-state index contributed by atoms with van der Waals surface area (Å²) in [7, 11) is -3.61. The predicted molar refractivity (Wildman–Crippen MR) is 116 cm³/mol. The molecule has 0 atom stereocenters. The molecule has 0 fully saturated rings. The molecule has 0 aliphatic carbocycles. The molecule has 1 N–H and O–H groups in total. The van der Waals surface area contributed by atoms with Gasteiger partial charge < -0.3 is 4.74 Å². The fourth-order valence-corrected chi connectivity index (χ4v) is 4.03. The second-order valence-electron chi connectivity index (χ2n) is 6.17. The lowest BCUT2D eigenvalue weighted by molar-refractivity contribution is 0.306. The van der Waals surface area contributed by atoms with Gasteiger partial charge in [0.25, 0.3) is 0 Å². The van der Waals surface area contributed by atoms with Crippen molar-refractivity contribution in [2.45, 2.75) is 4.90 Å². The van der Waals surface area contributed by atoms with Crippen LogP contribution in [0, 0.1) is 9.39 Å². The zero-order valence-electron chi connectivity index (χ0n) is 15.4. The molecule has 11 heteroatoms. The van der Waals surface area contributed by atoms with Gasteiger partial charge in [-0.25, -0.2) is 17.5 Å². The first kappa shape index (κ1) is 20.6. The van der Waals surface area contributed by atoms with Crippen LogP contribution in [0.4, 0.5) is 4.39 Å². The van der Waals surface area contributed by atoms with E-state index in [0.717, 1.165) is 3.57 Å². The minimum absolute atomic E-state index is 0.0705. The predicted octanol–water partition coefficient (Wildman–Crippen LogP) is 2.89. The average Bonchev–Trinajstić information content (AvgIpc) is 3.15. The number of fused-ring (bicyclic) bond motifs is 1. The summed E-state index contributed by atoms with van der Waals surface area (Å²) < 4.78 is 48.2. The maximum absolute atomic E-state index is 13.2. The molecule has 0 saturated carbocycles. The van der Waals surface area contributed by atoms with Gasteiger partial charge in [-0.05, 0) is 77.2 Å². The molecular formula is C19H15FIN5O3S. The molecule has 2 aromatic heterocycles. The molecule has 0 bridgehead atoms. The molecule has 8 nitrogen and oxygen atoms in total. The van der Waals surface area contributed by atoms with E-state index in [9.17, 15) is 12.8 Å². The summed E-state index contributed by atoms with van der Waals surface area (Å²) in [4.78, 5) is 0.191. The Hall–Kier alpha value is -2.64. The molecule has 0 spiro atoms. The molecule has 0 radical (unpaired) electrons. The molecular weight excluding hydrogens is 524 g/mol. The molecule has 154 valence electrons. The number of nitrogens with one attached hydrogen (secondary N) is 1. The fraction of sp³-hybridized carbons (Fsp3) is 0.105. The van der Waals surface area contributed by atoms with Crippen molar-refractivity contribution in [3.05, 3.63) is 70.1 Å². The highest BCUT2D eigenvalue weighted by molar-refractivity contribution is 14.1. The van der Waals surface area contributed by atoms with E-state index in [1.54, 1.807) is 48.5 Å². The molecule has 0 saturated heterocycles. The van der Waals surface area contributed by atoms with Crippen LogP contribution in [-0.4, -0.2) is 41.4 Å². The second kappa shape index (κ2) is 8.62. The van der Waals surface area contributed by atoms with Crippen LogP contribution in [0.3, 0.4) is 0 Å². The molecule has 2 aromatic carbocycles. The van der Waals surface area contributed by atoms with Gasteiger partial charge in [-0.1, -0.05) is 0 Å². The van der Waals surface area contributed by atoms with Crippen LogP contribution in [0.15, 0.2) is 65.6 Å². The highest BCUT2D eigenvalue weighted by Crippen LogP contribution is 2.19. The number of rotatable bonds is 7. The Bertz CT molecular complexity index is 1280. The minimum Gasteiger partial charge on any atom is -0.475 e. The van der Waals surface area contributed by atoms with Crippen molar-refractivity contribution in [1.29, 1.82) is 0 Å². The van der Waals surface area contributed by atoms with Crippen LogP contribution < -0.4 is 9.46 Å². The van der Waals surface area contributed by atoms with E-state index in [4.69, 9.17) is 4.74 Å². The minimum atomic E-state index is -3.61. The number of hydrogen-bond donors (Lipinski definition) is 1. The van der Waals surface area contributed by atoms with Gasteiger partial charge in [0.05, 0.1) is 4.90 Å². The number of hydrogen-bond acceptors (Lipinski definition) is 6. The maximum atomic E-state index is 13.2. The third-order valence-corrected chi connectivity index (χ3v) is 6.30. The monoisotopic (exact) mass is 539 g/mol. The number of nitrogens with zero attached hydrogens (tertiary/aromatic N) is 4. The smallest absolute Gasteiger partial charge is 0.240 e. The van der Waals surface area contributed by atoms with E-state index in [0.29, 0.717) is 17.0 Å². The Balaban J connectivity index is 1.42. The Kier molecular flexibility index (Phi) is 5.92. The van der Waals surface area contributed by atoms with Crippen LogP contribution in [0.5, 0.6) is 5.88 Å². The standard InChI is InChI=1S/C19H15FIN5O3S/c20-14-3-1-13(2-4-14)19-24-23-17-9-10-18(25-26(17)19)29-12-11-22-30(27,28)16-7-5-15(21)6-8-16/h1-10,22H,11-12H2. The SMILES string of the molecule is O=S(=O)(NCCOc1ccc2nnc(-c3ccc(F)cc3)n2n1)c1ccc(I)cc1. The Labute approximate surface area is 185 Å². The third kappa shape index (κ3) is 4.57. The highest BCUT2D eigenvalue weighted by atomic mass is 127. The van der Waals surface area contributed by atoms with E-state index >= 15 is 0 Å². The first-order valence-electron chi connectivity index (χ1n) is 8.79. The van der Waals surface area contributed by atoms with Crippen molar-refractivity contribution < 1.29 is 17.5 Å². The van der Waals surface area contributed by atoms with E-state index in [1.165, 1.54) is 16.6 Å². The van der Waals surface area contributed by atoms with Crippen LogP contribution in [0.25, 0.3) is 17.0 Å². The first-order valence-corrected chi connectivity index (χ1v) is 11.3. The highest BCUT2D eigenvalue weighted by Gasteiger charge is 2.14. The van der Waals surface area contributed by atoms with E-state index < -0.39 is 10.0 Å². The third-order valence-electron chi connectivity index (χ3n) is 4.11. The summed E-state index contributed by atoms with van der Waals surface area (Å²) in [6, 6.07) is 15.7. The Morgan fingerprint density at radius 3 is 2.47 bits per heavy atom. The van der Waals surface area contributed by atoms with Crippen LogP contribution >= 0.6 is 22.6 Å². The lowest BCUT2D eigenvalue weighted by Gasteiger charge is -2.08. The van der Waals surface area contributed by atoms with Crippen LogP contribution in [0.2, 0.25) is 0 Å². The van der Waals surface area contributed by atoms with Crippen molar-refractivity contribution in [3.63, 3.8) is 0 Å². The molecule has 0 aliphatic heterocycles. The van der Waals surface area contributed by atoms with Crippen molar-refractivity contribution >= 4 is 38.3 Å². The molecule has 0 unspecified atom stereocenters. The average molecular weight is 539 g/mol. The lowest BCUT2D eigenvalue weighted by Crippen LogP contribution is -2.28. The van der Waals surface area contributed by atoms with Gasteiger partial charge in [0.2, 0.25) is 15.9 Å². The van der Waals surface area contributed by atoms with Crippen molar-refractivity contribution in [1.82, 2.24) is 24.5 Å². The normalized spacial score (nSPS) is 11.7. The quantitative estimate of drug-likeness (QED) is 0.287. The molecule has 2 heterocycles. The molecule has 0 aliphatic rings. The Morgan fingerprint density at radius 1 is 1.00 bits per heavy atom. The zero-order valence-corrected chi connectivity index (χ0v) is 18.3. The lowest BCUT2D eigenvalue weighted by atomic mass is 10.2. The maximum Gasteiger partial charge on any atom is 0.240 e. The first-order chi connectivity index (χ1) is 14.4. The number of aromatic nitrogens is 4. The van der Waals surface area contributed by atoms with E-state index in [1.807, 2.05) is 0 Å². The summed E-state index contributed by atoms with van der Waals surface area (Å²) in [5.41, 5.74) is 1.15. The van der Waals surface area contributed by atoms with Crippen molar-refractivity contribution in [3.8, 4) is 17.3 Å². The summed E-state index contributed by atoms with van der Waals surface area (Å²) >= 11 is 2.11. The molecule has 0 amide bonds. The number of ether oxygens (including phenoxy) is 1. The summed E-state index contributed by atoms with van der Waals surface area (Å²) in [5.74, 6) is 0.367. The second-order valence-corrected chi connectivity index (χ2v) is 9.18. The van der Waals surface area contributed by atoms with Crippen LogP contribution in [-0.2, 0) is 10.0 Å². The van der Waals surface area contributed by atoms with Crippen molar-refractivity contribution in [2.24, 2.45) is 0 Å². The Morgan fingerprint density at radius 2 is 1.73 bits per heavy atom. The van der Waals surface area contributed by atoms with Gasteiger partial charge in [-0.15, -0.1) is 15.3 Å². The molecule has 4 rings (SSSR count). The van der Waals surface area contributed by atoms with Gasteiger partial charge >= 0.3 is 0 Å². The van der Waals surface area contributed by atoms with Gasteiger partial charge in [0.15, 0.2) is 11.5 Å². The fourth-order valence-electron chi connectivity index (χ4n) is 2.66.